The zero-order valence-electron chi connectivity index (χ0n) is 22.8. The molecule has 39 heavy (non-hydrogen) atoms. The van der Waals surface area contributed by atoms with Crippen LogP contribution in [0.2, 0.25) is 0 Å². The predicted molar refractivity (Wildman–Crippen MR) is 155 cm³/mol. The maximum Gasteiger partial charge on any atom is 0.410 e. The number of nitrogens with zero attached hydrogens (tertiary/aromatic N) is 3. The van der Waals surface area contributed by atoms with Crippen LogP contribution in [0.25, 0.3) is 10.9 Å². The Balaban J connectivity index is 1.25. The van der Waals surface area contributed by atoms with Gasteiger partial charge in [0.1, 0.15) is 18.8 Å². The van der Waals surface area contributed by atoms with Gasteiger partial charge < -0.3 is 28.6 Å². The van der Waals surface area contributed by atoms with E-state index >= 15 is 0 Å². The first-order valence-corrected chi connectivity index (χ1v) is 14.4. The largest absolute Gasteiger partial charge is 0.486 e. The number of halogens is 1. The van der Waals surface area contributed by atoms with E-state index in [1.54, 1.807) is 6.07 Å². The van der Waals surface area contributed by atoms with Crippen LogP contribution >= 0.6 is 15.9 Å². The lowest BCUT2D eigenvalue weighted by Crippen LogP contribution is -2.49. The van der Waals surface area contributed by atoms with E-state index in [2.05, 4.69) is 20.8 Å². The van der Waals surface area contributed by atoms with Crippen LogP contribution in [0.15, 0.2) is 57.8 Å². The summed E-state index contributed by atoms with van der Waals surface area (Å²) in [6.45, 7) is 10.3. The van der Waals surface area contributed by atoms with Gasteiger partial charge in [-0.1, -0.05) is 22.0 Å². The fourth-order valence-electron chi connectivity index (χ4n) is 5.25. The lowest BCUT2D eigenvalue weighted by Gasteiger charge is -2.39. The number of likely N-dealkylation sites (tertiary alicyclic amines) is 1. The number of amides is 1. The summed E-state index contributed by atoms with van der Waals surface area (Å²) in [6.07, 6.45) is 1.37. The summed E-state index contributed by atoms with van der Waals surface area (Å²) in [4.78, 5) is 30.2. The number of carbonyl (C=O) groups is 1. The van der Waals surface area contributed by atoms with Crippen molar-refractivity contribution in [1.82, 2.24) is 14.4 Å². The second-order valence-corrected chi connectivity index (χ2v) is 12.1. The van der Waals surface area contributed by atoms with E-state index in [1.807, 2.05) is 72.7 Å². The minimum Gasteiger partial charge on any atom is -0.486 e. The van der Waals surface area contributed by atoms with Gasteiger partial charge in [0.2, 0.25) is 0 Å². The topological polar surface area (TPSA) is 73.2 Å². The number of aromatic nitrogens is 1. The Morgan fingerprint density at radius 1 is 1.00 bits per heavy atom. The summed E-state index contributed by atoms with van der Waals surface area (Å²) in [6, 6.07) is 15.4. The number of benzene rings is 2. The van der Waals surface area contributed by atoms with Crippen LogP contribution < -0.4 is 15.0 Å². The molecule has 3 aromatic rings. The van der Waals surface area contributed by atoms with Crippen molar-refractivity contribution < 1.29 is 19.0 Å². The molecule has 1 fully saturated rings. The number of fused-ring (bicyclic) bond motifs is 2. The van der Waals surface area contributed by atoms with E-state index in [0.717, 1.165) is 59.2 Å². The zero-order valence-corrected chi connectivity index (χ0v) is 24.4. The van der Waals surface area contributed by atoms with Crippen molar-refractivity contribution in [1.29, 1.82) is 0 Å². The van der Waals surface area contributed by atoms with Gasteiger partial charge >= 0.3 is 6.09 Å². The van der Waals surface area contributed by atoms with Crippen LogP contribution in [-0.4, -0.2) is 65.0 Å². The molecule has 0 unspecified atom stereocenters. The van der Waals surface area contributed by atoms with Gasteiger partial charge in [-0.25, -0.2) is 4.79 Å². The molecule has 2 aliphatic rings. The number of ether oxygens (including phenoxy) is 3. The van der Waals surface area contributed by atoms with Gasteiger partial charge in [-0.05, 0) is 81.0 Å². The number of hydrogen-bond donors (Lipinski definition) is 0. The standard InChI is InChI=1S/C30H36BrN3O5/c1-30(2,3)39-29(36)34(20-21-4-8-26-27(18-21)38-17-16-37-26)24-10-12-32(13-11-24)14-15-33-25-7-6-23(31)19-22(25)5-9-28(33)35/h4-9,18-19,24H,10-17,20H2,1-3H3. The minimum absolute atomic E-state index is 0.00948. The molecule has 1 saturated heterocycles. The van der Waals surface area contributed by atoms with Gasteiger partial charge in [0.15, 0.2) is 11.5 Å². The van der Waals surface area contributed by atoms with E-state index in [4.69, 9.17) is 14.2 Å². The van der Waals surface area contributed by atoms with Gasteiger partial charge in [0, 0.05) is 49.3 Å². The van der Waals surface area contributed by atoms with E-state index in [0.29, 0.717) is 32.1 Å². The molecule has 0 N–H and O–H groups in total. The monoisotopic (exact) mass is 597 g/mol. The predicted octanol–water partition coefficient (Wildman–Crippen LogP) is 5.44. The summed E-state index contributed by atoms with van der Waals surface area (Å²) in [7, 11) is 0. The molecular formula is C30H36BrN3O5. The summed E-state index contributed by atoms with van der Waals surface area (Å²) >= 11 is 3.51. The van der Waals surface area contributed by atoms with E-state index in [-0.39, 0.29) is 17.7 Å². The third-order valence-corrected chi connectivity index (χ3v) is 7.67. The Bertz CT molecular complexity index is 1390. The molecule has 0 aliphatic carbocycles. The van der Waals surface area contributed by atoms with Crippen LogP contribution in [0.5, 0.6) is 11.5 Å². The molecule has 2 aliphatic heterocycles. The highest BCUT2D eigenvalue weighted by molar-refractivity contribution is 9.10. The smallest absolute Gasteiger partial charge is 0.410 e. The SMILES string of the molecule is CC(C)(C)OC(=O)N(Cc1ccc2c(c1)OCCO2)C1CCN(CCn2c(=O)ccc3cc(Br)ccc32)CC1. The summed E-state index contributed by atoms with van der Waals surface area (Å²) in [5, 5.41) is 1.04. The summed E-state index contributed by atoms with van der Waals surface area (Å²) in [5.74, 6) is 1.45. The highest BCUT2D eigenvalue weighted by Gasteiger charge is 2.31. The van der Waals surface area contributed by atoms with Gasteiger partial charge in [0.05, 0.1) is 5.52 Å². The average molecular weight is 599 g/mol. The molecule has 9 heteroatoms. The molecule has 2 aromatic carbocycles. The van der Waals surface area contributed by atoms with Crippen LogP contribution in [-0.2, 0) is 17.8 Å². The number of pyridine rings is 1. The average Bonchev–Trinajstić information content (AvgIpc) is 2.90. The lowest BCUT2D eigenvalue weighted by atomic mass is 10.0. The van der Waals surface area contributed by atoms with Crippen molar-refractivity contribution >= 4 is 32.9 Å². The van der Waals surface area contributed by atoms with Crippen molar-refractivity contribution in [3.63, 3.8) is 0 Å². The Morgan fingerprint density at radius 3 is 2.49 bits per heavy atom. The Morgan fingerprint density at radius 2 is 1.74 bits per heavy atom. The van der Waals surface area contributed by atoms with E-state index < -0.39 is 5.60 Å². The fourth-order valence-corrected chi connectivity index (χ4v) is 5.63. The third kappa shape index (κ3) is 6.76. The first-order valence-electron chi connectivity index (χ1n) is 13.6. The molecule has 1 amide bonds. The molecule has 3 heterocycles. The maximum atomic E-state index is 13.3. The normalized spacial score (nSPS) is 16.3. The first-order chi connectivity index (χ1) is 18.7. The number of hydrogen-bond acceptors (Lipinski definition) is 6. The minimum atomic E-state index is -0.579. The second kappa shape index (κ2) is 11.6. The van der Waals surface area contributed by atoms with Crippen molar-refractivity contribution in [3.8, 4) is 11.5 Å². The van der Waals surface area contributed by atoms with Gasteiger partial charge in [-0.3, -0.25) is 4.79 Å². The van der Waals surface area contributed by atoms with Gasteiger partial charge in [-0.15, -0.1) is 0 Å². The van der Waals surface area contributed by atoms with Crippen molar-refractivity contribution in [2.45, 2.75) is 58.3 Å². The number of rotatable bonds is 6. The second-order valence-electron chi connectivity index (χ2n) is 11.2. The third-order valence-electron chi connectivity index (χ3n) is 7.18. The molecule has 0 saturated carbocycles. The number of piperidine rings is 1. The molecule has 0 spiro atoms. The quantitative estimate of drug-likeness (QED) is 0.377. The maximum absolute atomic E-state index is 13.3. The van der Waals surface area contributed by atoms with Crippen LogP contribution in [0.1, 0.15) is 39.2 Å². The number of carbonyl (C=O) groups excluding carboxylic acids is 1. The first kappa shape index (κ1) is 27.5. The molecule has 0 radical (unpaired) electrons. The molecule has 5 rings (SSSR count). The molecular weight excluding hydrogens is 562 g/mol. The van der Waals surface area contributed by atoms with Crippen molar-refractivity contribution in [2.24, 2.45) is 0 Å². The molecule has 208 valence electrons. The van der Waals surface area contributed by atoms with Crippen molar-refractivity contribution in [3.05, 3.63) is 68.9 Å². The Kier molecular flexibility index (Phi) is 8.19. The molecule has 1 aromatic heterocycles. The zero-order chi connectivity index (χ0) is 27.6. The van der Waals surface area contributed by atoms with Crippen LogP contribution in [0, 0.1) is 0 Å². The highest BCUT2D eigenvalue weighted by atomic mass is 79.9. The molecule has 0 bridgehead atoms. The van der Waals surface area contributed by atoms with Gasteiger partial charge in [-0.2, -0.15) is 0 Å². The highest BCUT2D eigenvalue weighted by Crippen LogP contribution is 2.32. The Labute approximate surface area is 237 Å². The lowest BCUT2D eigenvalue weighted by molar-refractivity contribution is 0.00562. The van der Waals surface area contributed by atoms with E-state index in [9.17, 15) is 9.59 Å². The van der Waals surface area contributed by atoms with Crippen LogP contribution in [0.3, 0.4) is 0 Å². The van der Waals surface area contributed by atoms with Crippen LogP contribution in [0.4, 0.5) is 4.79 Å². The van der Waals surface area contributed by atoms with Crippen molar-refractivity contribution in [2.75, 3.05) is 32.8 Å². The molecule has 8 nitrogen and oxygen atoms in total. The van der Waals surface area contributed by atoms with Gasteiger partial charge in [0.25, 0.3) is 5.56 Å². The summed E-state index contributed by atoms with van der Waals surface area (Å²) < 4.78 is 20.1. The summed E-state index contributed by atoms with van der Waals surface area (Å²) in [5.41, 5.74) is 1.35. The van der Waals surface area contributed by atoms with E-state index in [1.165, 1.54) is 0 Å². The molecule has 0 atom stereocenters. The fraction of sp³-hybridized carbons (Fsp3) is 0.467. The Hall–Kier alpha value is -3.04.